The first-order chi connectivity index (χ1) is 5.55. The lowest BCUT2D eigenvalue weighted by Gasteiger charge is -2.25. The lowest BCUT2D eigenvalue weighted by atomic mass is 9.84. The molecule has 1 aliphatic carbocycles. The first-order valence-electron chi connectivity index (χ1n) is 3.92. The molecule has 2 nitrogen and oxygen atoms in total. The van der Waals surface area contributed by atoms with E-state index in [2.05, 4.69) is 0 Å². The zero-order valence-electron chi connectivity index (χ0n) is 6.56. The first-order valence-corrected chi connectivity index (χ1v) is 3.92. The summed E-state index contributed by atoms with van der Waals surface area (Å²) >= 11 is 0. The van der Waals surface area contributed by atoms with Crippen molar-refractivity contribution in [2.75, 3.05) is 0 Å². The SMILES string of the molecule is O=CC(=O)C1CCC(F)(F)CC1. The molecule has 0 aliphatic heterocycles. The summed E-state index contributed by atoms with van der Waals surface area (Å²) in [5.74, 6) is -3.62. The monoisotopic (exact) mass is 176 g/mol. The minimum absolute atomic E-state index is 0.143. The summed E-state index contributed by atoms with van der Waals surface area (Å²) in [6.45, 7) is 0. The van der Waals surface area contributed by atoms with Crippen molar-refractivity contribution < 1.29 is 18.4 Å². The molecule has 0 heterocycles. The Balaban J connectivity index is 2.46. The molecular weight excluding hydrogens is 166 g/mol. The molecule has 0 amide bonds. The van der Waals surface area contributed by atoms with Gasteiger partial charge >= 0.3 is 0 Å². The van der Waals surface area contributed by atoms with Crippen molar-refractivity contribution in [3.05, 3.63) is 0 Å². The molecule has 68 valence electrons. The quantitative estimate of drug-likeness (QED) is 0.473. The van der Waals surface area contributed by atoms with Crippen LogP contribution >= 0.6 is 0 Å². The van der Waals surface area contributed by atoms with Crippen LogP contribution in [0.5, 0.6) is 0 Å². The molecule has 1 aliphatic rings. The highest BCUT2D eigenvalue weighted by atomic mass is 19.3. The van der Waals surface area contributed by atoms with E-state index in [0.29, 0.717) is 0 Å². The molecule has 4 heteroatoms. The standard InChI is InChI=1S/C8H10F2O2/c9-8(10)3-1-6(2-4-8)7(12)5-11/h5-6H,1-4H2. The summed E-state index contributed by atoms with van der Waals surface area (Å²) in [4.78, 5) is 20.8. The van der Waals surface area contributed by atoms with E-state index in [1.54, 1.807) is 0 Å². The number of rotatable bonds is 2. The van der Waals surface area contributed by atoms with Crippen LogP contribution in [0.4, 0.5) is 8.78 Å². The summed E-state index contributed by atoms with van der Waals surface area (Å²) in [5, 5.41) is 0. The Bertz CT molecular complexity index is 191. The molecule has 0 bridgehead atoms. The predicted molar refractivity (Wildman–Crippen MR) is 38.0 cm³/mol. The molecule has 0 spiro atoms. The predicted octanol–water partition coefficient (Wildman–Crippen LogP) is 1.58. The fourth-order valence-electron chi connectivity index (χ4n) is 1.42. The average molecular weight is 176 g/mol. The molecule has 0 atom stereocenters. The fraction of sp³-hybridized carbons (Fsp3) is 0.750. The Morgan fingerprint density at radius 2 is 1.83 bits per heavy atom. The van der Waals surface area contributed by atoms with Crippen LogP contribution in [-0.2, 0) is 9.59 Å². The lowest BCUT2D eigenvalue weighted by Crippen LogP contribution is -2.29. The maximum Gasteiger partial charge on any atom is 0.248 e. The van der Waals surface area contributed by atoms with Gasteiger partial charge in [-0.1, -0.05) is 0 Å². The van der Waals surface area contributed by atoms with Crippen LogP contribution in [0, 0.1) is 5.92 Å². The molecule has 0 saturated heterocycles. The number of hydrogen-bond donors (Lipinski definition) is 0. The van der Waals surface area contributed by atoms with E-state index < -0.39 is 17.6 Å². The molecule has 0 aromatic carbocycles. The molecule has 0 unspecified atom stereocenters. The number of Topliss-reactive ketones (excluding diaryl/α,β-unsaturated/α-hetero) is 1. The van der Waals surface area contributed by atoms with Gasteiger partial charge < -0.3 is 0 Å². The van der Waals surface area contributed by atoms with Crippen molar-refractivity contribution in [2.24, 2.45) is 5.92 Å². The van der Waals surface area contributed by atoms with E-state index in [0.717, 1.165) is 0 Å². The molecule has 1 fully saturated rings. The van der Waals surface area contributed by atoms with Crippen molar-refractivity contribution in [1.82, 2.24) is 0 Å². The third kappa shape index (κ3) is 2.09. The number of carbonyl (C=O) groups is 2. The van der Waals surface area contributed by atoms with Crippen molar-refractivity contribution in [1.29, 1.82) is 0 Å². The number of hydrogen-bond acceptors (Lipinski definition) is 2. The largest absolute Gasteiger partial charge is 0.295 e. The van der Waals surface area contributed by atoms with Crippen molar-refractivity contribution in [3.63, 3.8) is 0 Å². The van der Waals surface area contributed by atoms with Gasteiger partial charge in [0.1, 0.15) is 0 Å². The molecule has 12 heavy (non-hydrogen) atoms. The van der Waals surface area contributed by atoms with E-state index >= 15 is 0 Å². The molecule has 1 rings (SSSR count). The third-order valence-electron chi connectivity index (χ3n) is 2.24. The summed E-state index contributed by atoms with van der Waals surface area (Å²) in [6.07, 6.45) is -0.0161. The topological polar surface area (TPSA) is 34.1 Å². The Labute approximate surface area is 68.9 Å². The summed E-state index contributed by atoms with van der Waals surface area (Å²) < 4.78 is 25.1. The van der Waals surface area contributed by atoms with Crippen LogP contribution in [0.25, 0.3) is 0 Å². The van der Waals surface area contributed by atoms with Crippen LogP contribution in [0.2, 0.25) is 0 Å². The van der Waals surface area contributed by atoms with Gasteiger partial charge in [-0.2, -0.15) is 0 Å². The van der Waals surface area contributed by atoms with Gasteiger partial charge in [0.2, 0.25) is 5.92 Å². The van der Waals surface area contributed by atoms with Gasteiger partial charge in [0.15, 0.2) is 12.1 Å². The summed E-state index contributed by atoms with van der Waals surface area (Å²) in [6, 6.07) is 0. The normalized spacial score (nSPS) is 23.5. The lowest BCUT2D eigenvalue weighted by molar-refractivity contribution is -0.135. The molecule has 0 aromatic heterocycles. The second-order valence-corrected chi connectivity index (χ2v) is 3.15. The van der Waals surface area contributed by atoms with Gasteiger partial charge in [-0.15, -0.1) is 0 Å². The van der Waals surface area contributed by atoms with Crippen molar-refractivity contribution in [3.8, 4) is 0 Å². The van der Waals surface area contributed by atoms with Gasteiger partial charge in [0.05, 0.1) is 0 Å². The van der Waals surface area contributed by atoms with Crippen LogP contribution in [0.1, 0.15) is 25.7 Å². The van der Waals surface area contributed by atoms with Gasteiger partial charge in [0.25, 0.3) is 0 Å². The molecular formula is C8H10F2O2. The van der Waals surface area contributed by atoms with E-state index in [1.165, 1.54) is 0 Å². The smallest absolute Gasteiger partial charge is 0.248 e. The Hall–Kier alpha value is -0.800. The van der Waals surface area contributed by atoms with Crippen LogP contribution < -0.4 is 0 Å². The maximum atomic E-state index is 12.5. The third-order valence-corrected chi connectivity index (χ3v) is 2.24. The van der Waals surface area contributed by atoms with E-state index in [1.807, 2.05) is 0 Å². The van der Waals surface area contributed by atoms with Crippen LogP contribution in [-0.4, -0.2) is 18.0 Å². The number of carbonyl (C=O) groups excluding carboxylic acids is 2. The van der Waals surface area contributed by atoms with Crippen molar-refractivity contribution >= 4 is 12.1 Å². The highest BCUT2D eigenvalue weighted by Gasteiger charge is 2.36. The Morgan fingerprint density at radius 1 is 1.33 bits per heavy atom. The number of aldehydes is 1. The van der Waals surface area contributed by atoms with E-state index in [9.17, 15) is 18.4 Å². The van der Waals surface area contributed by atoms with Crippen molar-refractivity contribution in [2.45, 2.75) is 31.6 Å². The molecule has 0 radical (unpaired) electrons. The second kappa shape index (κ2) is 3.29. The number of ketones is 1. The molecule has 0 N–H and O–H groups in total. The van der Waals surface area contributed by atoms with Crippen LogP contribution in [0.3, 0.4) is 0 Å². The van der Waals surface area contributed by atoms with Gasteiger partial charge in [-0.05, 0) is 12.8 Å². The van der Waals surface area contributed by atoms with Gasteiger partial charge in [-0.25, -0.2) is 8.78 Å². The minimum Gasteiger partial charge on any atom is -0.295 e. The zero-order valence-corrected chi connectivity index (χ0v) is 6.56. The van der Waals surface area contributed by atoms with Gasteiger partial charge in [0, 0.05) is 18.8 Å². The van der Waals surface area contributed by atoms with Gasteiger partial charge in [-0.3, -0.25) is 9.59 Å². The van der Waals surface area contributed by atoms with Crippen LogP contribution in [0.15, 0.2) is 0 Å². The average Bonchev–Trinajstić information content (AvgIpc) is 2.03. The second-order valence-electron chi connectivity index (χ2n) is 3.15. The maximum absolute atomic E-state index is 12.5. The van der Waals surface area contributed by atoms with E-state index in [-0.39, 0.29) is 32.0 Å². The highest BCUT2D eigenvalue weighted by molar-refractivity contribution is 6.25. The molecule has 0 aromatic rings. The molecule has 1 saturated carbocycles. The number of alkyl halides is 2. The Morgan fingerprint density at radius 3 is 2.25 bits per heavy atom. The fourth-order valence-corrected chi connectivity index (χ4v) is 1.42. The summed E-state index contributed by atoms with van der Waals surface area (Å²) in [5.41, 5.74) is 0. The minimum atomic E-state index is -2.63. The Kier molecular flexibility index (Phi) is 2.55. The highest BCUT2D eigenvalue weighted by Crippen LogP contribution is 2.36. The zero-order chi connectivity index (χ0) is 9.19. The first kappa shape index (κ1) is 9.29. The summed E-state index contributed by atoms with van der Waals surface area (Å²) in [7, 11) is 0. The number of halogens is 2. The van der Waals surface area contributed by atoms with E-state index in [4.69, 9.17) is 0 Å².